The summed E-state index contributed by atoms with van der Waals surface area (Å²) < 4.78 is 17.1. The lowest BCUT2D eigenvalue weighted by atomic mass is 10.0. The lowest BCUT2D eigenvalue weighted by Crippen LogP contribution is -2.34. The molecule has 0 saturated carbocycles. The van der Waals surface area contributed by atoms with E-state index in [-0.39, 0.29) is 0 Å². The number of hydrogen-bond donors (Lipinski definition) is 2. The third-order valence-corrected chi connectivity index (χ3v) is 4.11. The van der Waals surface area contributed by atoms with Crippen LogP contribution in [0.15, 0.2) is 23.9 Å². The Morgan fingerprint density at radius 1 is 1.08 bits per heavy atom. The molecule has 0 aliphatic carbocycles. The lowest BCUT2D eigenvalue weighted by Gasteiger charge is -2.22. The maximum absolute atomic E-state index is 11.8. The van der Waals surface area contributed by atoms with Crippen LogP contribution in [0.2, 0.25) is 0 Å². The van der Waals surface area contributed by atoms with Crippen molar-refractivity contribution < 1.29 is 19.0 Å². The predicted octanol–water partition coefficient (Wildman–Crippen LogP) is 2.17. The first-order chi connectivity index (χ1) is 12.0. The van der Waals surface area contributed by atoms with Crippen molar-refractivity contribution in [2.75, 3.05) is 26.8 Å². The minimum absolute atomic E-state index is 0.316. The van der Waals surface area contributed by atoms with Crippen LogP contribution in [0.1, 0.15) is 12.6 Å². The molecule has 8 heteroatoms. The highest BCUT2D eigenvalue weighted by atomic mass is 16.5. The van der Waals surface area contributed by atoms with Crippen LogP contribution in [0.25, 0.3) is 16.8 Å². The van der Waals surface area contributed by atoms with Crippen molar-refractivity contribution in [3.05, 3.63) is 29.6 Å². The normalized spacial score (nSPS) is 12.8. The molecule has 0 saturated heterocycles. The average molecular weight is 344 g/mol. The molecule has 0 unspecified atom stereocenters. The number of carbonyl (C=O) groups is 1. The molecule has 0 fully saturated rings. The van der Waals surface area contributed by atoms with E-state index in [0.717, 1.165) is 22.6 Å². The molecule has 25 heavy (non-hydrogen) atoms. The third-order valence-electron chi connectivity index (χ3n) is 4.11. The van der Waals surface area contributed by atoms with E-state index in [1.165, 1.54) is 7.11 Å². The number of carbonyl (C=O) groups excluding carboxylic acids is 1. The molecule has 2 heterocycles. The smallest absolute Gasteiger partial charge is 0.357 e. The minimum Gasteiger partial charge on any atom is -0.493 e. The molecule has 0 spiro atoms. The molecule has 8 nitrogen and oxygen atoms in total. The number of hydrazine groups is 1. The molecule has 132 valence electrons. The number of aryl methyl sites for hydroxylation is 1. The summed E-state index contributed by atoms with van der Waals surface area (Å²) in [5, 5.41) is 4.55. The number of aromatic nitrogens is 2. The Kier molecular flexibility index (Phi) is 4.26. The molecule has 1 aromatic heterocycles. The number of ether oxygens (including phenoxy) is 3. The molecule has 0 radical (unpaired) electrons. The molecule has 1 aliphatic rings. The van der Waals surface area contributed by atoms with Gasteiger partial charge in [-0.15, -0.1) is 0 Å². The number of esters is 1. The summed E-state index contributed by atoms with van der Waals surface area (Å²) in [5.41, 5.74) is 9.51. The zero-order chi connectivity index (χ0) is 18.1. The van der Waals surface area contributed by atoms with Gasteiger partial charge in [-0.05, 0) is 31.5 Å². The van der Waals surface area contributed by atoms with Crippen molar-refractivity contribution in [1.82, 2.24) is 15.2 Å². The van der Waals surface area contributed by atoms with Crippen LogP contribution in [0, 0.1) is 6.92 Å². The lowest BCUT2D eigenvalue weighted by molar-refractivity contribution is -0.136. The van der Waals surface area contributed by atoms with E-state index < -0.39 is 5.97 Å². The van der Waals surface area contributed by atoms with Gasteiger partial charge in [0.25, 0.3) is 0 Å². The topological polar surface area (TPSA) is 86.6 Å². The fourth-order valence-corrected chi connectivity index (χ4v) is 2.84. The summed E-state index contributed by atoms with van der Waals surface area (Å²) >= 11 is 0. The standard InChI is InChI=1S/C17H20N4O4/c1-9-14(11-6-7-12(23-3)13(8-11)24-4)16-19-18-15(17(22)25-5)10(2)21(16)20-9/h6-8,18-19H,1-5H3. The maximum atomic E-state index is 11.8. The molecule has 0 amide bonds. The zero-order valence-corrected chi connectivity index (χ0v) is 14.8. The van der Waals surface area contributed by atoms with Crippen LogP contribution in [0.4, 0.5) is 5.82 Å². The Bertz CT molecular complexity index is 870. The summed E-state index contributed by atoms with van der Waals surface area (Å²) in [4.78, 5) is 11.8. The predicted molar refractivity (Wildman–Crippen MR) is 93.2 cm³/mol. The summed E-state index contributed by atoms with van der Waals surface area (Å²) in [5.74, 6) is 1.55. The first-order valence-electron chi connectivity index (χ1n) is 7.65. The number of hydrogen-bond acceptors (Lipinski definition) is 7. The SMILES string of the molecule is COC(=O)C1=C(C)n2nc(C)c(-c3ccc(OC)c(OC)c3)c2NN1. The Morgan fingerprint density at radius 2 is 1.80 bits per heavy atom. The second kappa shape index (κ2) is 6.39. The van der Waals surface area contributed by atoms with Crippen LogP contribution in [-0.2, 0) is 9.53 Å². The van der Waals surface area contributed by atoms with Crippen molar-refractivity contribution in [2.45, 2.75) is 13.8 Å². The number of nitrogens with one attached hydrogen (secondary N) is 2. The summed E-state index contributed by atoms with van der Waals surface area (Å²) in [6.07, 6.45) is 0. The highest BCUT2D eigenvalue weighted by molar-refractivity contribution is 5.96. The average Bonchev–Trinajstić information content (AvgIpc) is 2.97. The van der Waals surface area contributed by atoms with Gasteiger partial charge >= 0.3 is 5.97 Å². The Balaban J connectivity index is 2.13. The molecular weight excluding hydrogens is 324 g/mol. The van der Waals surface area contributed by atoms with Crippen LogP contribution < -0.4 is 20.3 Å². The minimum atomic E-state index is -0.462. The van der Waals surface area contributed by atoms with Crippen LogP contribution in [0.5, 0.6) is 11.5 Å². The van der Waals surface area contributed by atoms with E-state index in [2.05, 4.69) is 16.0 Å². The molecule has 1 aliphatic heterocycles. The molecule has 0 atom stereocenters. The van der Waals surface area contributed by atoms with Gasteiger partial charge in [0.05, 0.1) is 32.7 Å². The van der Waals surface area contributed by atoms with E-state index in [1.807, 2.05) is 25.1 Å². The number of rotatable bonds is 4. The quantitative estimate of drug-likeness (QED) is 0.822. The van der Waals surface area contributed by atoms with Gasteiger partial charge in [-0.3, -0.25) is 10.9 Å². The van der Waals surface area contributed by atoms with E-state index in [9.17, 15) is 4.79 Å². The van der Waals surface area contributed by atoms with Crippen LogP contribution in [-0.4, -0.2) is 37.1 Å². The highest BCUT2D eigenvalue weighted by Crippen LogP contribution is 2.39. The van der Waals surface area contributed by atoms with Crippen molar-refractivity contribution in [1.29, 1.82) is 0 Å². The summed E-state index contributed by atoms with van der Waals surface area (Å²) in [6, 6.07) is 5.67. The van der Waals surface area contributed by atoms with Crippen molar-refractivity contribution >= 4 is 17.5 Å². The van der Waals surface area contributed by atoms with Gasteiger partial charge in [0.1, 0.15) is 0 Å². The van der Waals surface area contributed by atoms with Gasteiger partial charge in [-0.2, -0.15) is 5.10 Å². The van der Waals surface area contributed by atoms with E-state index in [0.29, 0.717) is 22.9 Å². The van der Waals surface area contributed by atoms with E-state index in [1.54, 1.807) is 25.8 Å². The Labute approximate surface area is 145 Å². The van der Waals surface area contributed by atoms with Crippen molar-refractivity contribution in [3.63, 3.8) is 0 Å². The largest absolute Gasteiger partial charge is 0.493 e. The zero-order valence-electron chi connectivity index (χ0n) is 14.8. The fourth-order valence-electron chi connectivity index (χ4n) is 2.84. The monoisotopic (exact) mass is 344 g/mol. The van der Waals surface area contributed by atoms with Gasteiger partial charge < -0.3 is 14.2 Å². The van der Waals surface area contributed by atoms with Gasteiger partial charge in [0.15, 0.2) is 23.0 Å². The summed E-state index contributed by atoms with van der Waals surface area (Å²) in [6.45, 7) is 3.71. The van der Waals surface area contributed by atoms with Crippen molar-refractivity contribution in [2.24, 2.45) is 0 Å². The first-order valence-corrected chi connectivity index (χ1v) is 7.65. The highest BCUT2D eigenvalue weighted by Gasteiger charge is 2.26. The number of methoxy groups -OCH3 is 3. The number of benzene rings is 1. The van der Waals surface area contributed by atoms with Crippen molar-refractivity contribution in [3.8, 4) is 22.6 Å². The van der Waals surface area contributed by atoms with Crippen LogP contribution in [0.3, 0.4) is 0 Å². The van der Waals surface area contributed by atoms with Gasteiger partial charge in [-0.25, -0.2) is 9.48 Å². The van der Waals surface area contributed by atoms with Gasteiger partial charge in [0.2, 0.25) is 0 Å². The van der Waals surface area contributed by atoms with Crippen LogP contribution >= 0.6 is 0 Å². The second-order valence-corrected chi connectivity index (χ2v) is 5.49. The second-order valence-electron chi connectivity index (χ2n) is 5.49. The fraction of sp³-hybridized carbons (Fsp3) is 0.294. The van der Waals surface area contributed by atoms with Gasteiger partial charge in [-0.1, -0.05) is 6.07 Å². The maximum Gasteiger partial charge on any atom is 0.357 e. The molecule has 2 N–H and O–H groups in total. The Hall–Kier alpha value is -3.16. The molecule has 1 aromatic carbocycles. The molecule has 3 rings (SSSR count). The van der Waals surface area contributed by atoms with E-state index >= 15 is 0 Å². The molecule has 2 aromatic rings. The van der Waals surface area contributed by atoms with Gasteiger partial charge in [0, 0.05) is 5.56 Å². The molecular formula is C17H20N4O4. The first kappa shape index (κ1) is 16.7. The molecule has 0 bridgehead atoms. The number of allylic oxidation sites excluding steroid dienone is 1. The number of fused-ring (bicyclic) bond motifs is 1. The summed E-state index contributed by atoms with van der Waals surface area (Å²) in [7, 11) is 4.53. The third kappa shape index (κ3) is 2.65. The Morgan fingerprint density at radius 3 is 2.44 bits per heavy atom. The number of nitrogens with zero attached hydrogens (tertiary/aromatic N) is 2. The van der Waals surface area contributed by atoms with E-state index in [4.69, 9.17) is 14.2 Å². The number of anilines is 1.